The molecule has 1 fully saturated rings. The van der Waals surface area contributed by atoms with Crippen LogP contribution < -0.4 is 10.6 Å². The van der Waals surface area contributed by atoms with Crippen LogP contribution in [0.5, 0.6) is 0 Å². The summed E-state index contributed by atoms with van der Waals surface area (Å²) in [6, 6.07) is 15.2. The lowest BCUT2D eigenvalue weighted by atomic mass is 9.95. The number of amides is 2. The van der Waals surface area contributed by atoms with E-state index >= 15 is 0 Å². The Morgan fingerprint density at radius 2 is 1.82 bits per heavy atom. The van der Waals surface area contributed by atoms with E-state index in [4.69, 9.17) is 4.52 Å². The van der Waals surface area contributed by atoms with Crippen LogP contribution >= 0.6 is 0 Å². The molecule has 2 N–H and O–H groups in total. The number of hydrogen-bond acceptors (Lipinski definition) is 6. The molecule has 2 heterocycles. The molecule has 0 unspecified atom stereocenters. The minimum Gasteiger partial charge on any atom is -0.352 e. The maximum Gasteiger partial charge on any atom is 0.253 e. The summed E-state index contributed by atoms with van der Waals surface area (Å²) in [6.45, 7) is 6.73. The molecular formula is C26H31N5O3. The third-order valence-corrected chi connectivity index (χ3v) is 6.06. The topological polar surface area (TPSA) is 100 Å². The van der Waals surface area contributed by atoms with Gasteiger partial charge in [0, 0.05) is 18.0 Å². The molecule has 1 aliphatic rings. The van der Waals surface area contributed by atoms with Crippen molar-refractivity contribution in [3.05, 3.63) is 65.5 Å². The average molecular weight is 462 g/mol. The first-order valence-corrected chi connectivity index (χ1v) is 11.8. The molecule has 8 nitrogen and oxygen atoms in total. The number of benzene rings is 2. The first-order chi connectivity index (χ1) is 16.5. The standard InChI is InChI=1S/C26H31N5O3/c1-3-14-27-26(33)21-6-4-5-7-22(21)28-25(32)20-12-15-31(16-13-20)17-23-29-24(30-34-23)19-10-8-18(2)9-11-19/h4-11,20H,3,12-17H2,1-2H3,(H,27,33)(H,28,32). The second-order valence-electron chi connectivity index (χ2n) is 8.72. The highest BCUT2D eigenvalue weighted by Crippen LogP contribution is 2.23. The highest BCUT2D eigenvalue weighted by atomic mass is 16.5. The number of piperidine rings is 1. The van der Waals surface area contributed by atoms with Gasteiger partial charge in [0.05, 0.1) is 17.8 Å². The zero-order valence-electron chi connectivity index (χ0n) is 19.7. The number of para-hydroxylation sites is 1. The number of likely N-dealkylation sites (tertiary alicyclic amines) is 1. The van der Waals surface area contributed by atoms with Crippen LogP contribution in [0.4, 0.5) is 5.69 Å². The quantitative estimate of drug-likeness (QED) is 0.525. The van der Waals surface area contributed by atoms with Crippen LogP contribution in [0.2, 0.25) is 0 Å². The Morgan fingerprint density at radius 1 is 1.09 bits per heavy atom. The molecule has 1 saturated heterocycles. The molecule has 0 spiro atoms. The zero-order chi connectivity index (χ0) is 23.9. The van der Waals surface area contributed by atoms with Crippen molar-refractivity contribution in [3.8, 4) is 11.4 Å². The minimum absolute atomic E-state index is 0.0464. The van der Waals surface area contributed by atoms with Crippen LogP contribution in [-0.4, -0.2) is 46.5 Å². The number of aryl methyl sites for hydroxylation is 1. The van der Waals surface area contributed by atoms with Gasteiger partial charge in [-0.25, -0.2) is 0 Å². The monoisotopic (exact) mass is 461 g/mol. The van der Waals surface area contributed by atoms with E-state index in [1.807, 2.05) is 44.2 Å². The molecule has 0 radical (unpaired) electrons. The van der Waals surface area contributed by atoms with Crippen molar-refractivity contribution >= 4 is 17.5 Å². The normalized spacial score (nSPS) is 14.6. The average Bonchev–Trinajstić information content (AvgIpc) is 3.32. The first kappa shape index (κ1) is 23.6. The van der Waals surface area contributed by atoms with E-state index in [-0.39, 0.29) is 17.7 Å². The molecule has 0 aliphatic carbocycles. The predicted molar refractivity (Wildman–Crippen MR) is 130 cm³/mol. The molecular weight excluding hydrogens is 430 g/mol. The molecule has 3 aromatic rings. The van der Waals surface area contributed by atoms with Gasteiger partial charge in [0.2, 0.25) is 17.6 Å². The van der Waals surface area contributed by atoms with Crippen molar-refractivity contribution in [1.29, 1.82) is 0 Å². The number of nitrogens with zero attached hydrogens (tertiary/aromatic N) is 3. The largest absolute Gasteiger partial charge is 0.352 e. The van der Waals surface area contributed by atoms with E-state index in [1.165, 1.54) is 5.56 Å². The van der Waals surface area contributed by atoms with Gasteiger partial charge in [0.25, 0.3) is 5.91 Å². The van der Waals surface area contributed by atoms with Gasteiger partial charge in [-0.15, -0.1) is 0 Å². The summed E-state index contributed by atoms with van der Waals surface area (Å²) in [6.07, 6.45) is 2.32. The molecule has 1 aromatic heterocycles. The highest BCUT2D eigenvalue weighted by Gasteiger charge is 2.27. The molecule has 1 aliphatic heterocycles. The van der Waals surface area contributed by atoms with Crippen LogP contribution in [0.1, 0.15) is 48.0 Å². The Hall–Kier alpha value is -3.52. The smallest absolute Gasteiger partial charge is 0.253 e. The maximum absolute atomic E-state index is 12.9. The second kappa shape index (κ2) is 11.1. The van der Waals surface area contributed by atoms with Crippen molar-refractivity contribution < 1.29 is 14.1 Å². The summed E-state index contributed by atoms with van der Waals surface area (Å²) in [5, 5.41) is 9.94. The van der Waals surface area contributed by atoms with E-state index in [9.17, 15) is 9.59 Å². The van der Waals surface area contributed by atoms with Crippen molar-refractivity contribution in [2.24, 2.45) is 5.92 Å². The van der Waals surface area contributed by atoms with Crippen molar-refractivity contribution in [2.75, 3.05) is 25.0 Å². The Kier molecular flexibility index (Phi) is 7.69. The summed E-state index contributed by atoms with van der Waals surface area (Å²) in [5.74, 6) is 0.845. The van der Waals surface area contributed by atoms with E-state index < -0.39 is 0 Å². The fraction of sp³-hybridized carbons (Fsp3) is 0.385. The molecule has 0 atom stereocenters. The second-order valence-corrected chi connectivity index (χ2v) is 8.72. The van der Waals surface area contributed by atoms with Gasteiger partial charge in [0.1, 0.15) is 0 Å². The van der Waals surface area contributed by atoms with Gasteiger partial charge in [-0.05, 0) is 51.4 Å². The van der Waals surface area contributed by atoms with Gasteiger partial charge in [0.15, 0.2) is 0 Å². The van der Waals surface area contributed by atoms with Gasteiger partial charge in [-0.3, -0.25) is 14.5 Å². The van der Waals surface area contributed by atoms with E-state index in [1.54, 1.807) is 18.2 Å². The van der Waals surface area contributed by atoms with E-state index in [0.717, 1.165) is 37.9 Å². The van der Waals surface area contributed by atoms with Crippen molar-refractivity contribution in [1.82, 2.24) is 20.4 Å². The molecule has 2 aromatic carbocycles. The predicted octanol–water partition coefficient (Wildman–Crippen LogP) is 4.04. The highest BCUT2D eigenvalue weighted by molar-refractivity contribution is 6.04. The number of carbonyl (C=O) groups excluding carboxylic acids is 2. The third kappa shape index (κ3) is 5.88. The van der Waals surface area contributed by atoms with Crippen LogP contribution in [0.3, 0.4) is 0 Å². The lowest BCUT2D eigenvalue weighted by molar-refractivity contribution is -0.121. The van der Waals surface area contributed by atoms with E-state index in [2.05, 4.69) is 25.7 Å². The fourth-order valence-electron chi connectivity index (χ4n) is 4.04. The van der Waals surface area contributed by atoms with Gasteiger partial charge >= 0.3 is 0 Å². The molecule has 0 saturated carbocycles. The SMILES string of the molecule is CCCNC(=O)c1ccccc1NC(=O)C1CCN(Cc2nc(-c3ccc(C)cc3)no2)CC1. The summed E-state index contributed by atoms with van der Waals surface area (Å²) in [5.41, 5.74) is 3.16. The molecule has 4 rings (SSSR count). The Bertz CT molecular complexity index is 1120. The molecule has 2 amide bonds. The number of aromatic nitrogens is 2. The van der Waals surface area contributed by atoms with Crippen molar-refractivity contribution in [2.45, 2.75) is 39.7 Å². The van der Waals surface area contributed by atoms with Crippen LogP contribution in [0, 0.1) is 12.8 Å². The summed E-state index contributed by atoms with van der Waals surface area (Å²) in [7, 11) is 0. The summed E-state index contributed by atoms with van der Waals surface area (Å²) < 4.78 is 5.45. The minimum atomic E-state index is -0.169. The lowest BCUT2D eigenvalue weighted by Crippen LogP contribution is -2.38. The molecule has 8 heteroatoms. The van der Waals surface area contributed by atoms with Crippen LogP contribution in [-0.2, 0) is 11.3 Å². The fourth-order valence-corrected chi connectivity index (χ4v) is 4.04. The number of nitrogens with one attached hydrogen (secondary N) is 2. The summed E-state index contributed by atoms with van der Waals surface area (Å²) in [4.78, 5) is 32.1. The Morgan fingerprint density at radius 3 is 2.56 bits per heavy atom. The third-order valence-electron chi connectivity index (χ3n) is 6.06. The Balaban J connectivity index is 1.29. The number of anilines is 1. The van der Waals surface area contributed by atoms with Crippen molar-refractivity contribution in [3.63, 3.8) is 0 Å². The number of hydrogen-bond donors (Lipinski definition) is 2. The van der Waals surface area contributed by atoms with Gasteiger partial charge < -0.3 is 15.2 Å². The lowest BCUT2D eigenvalue weighted by Gasteiger charge is -2.30. The van der Waals surface area contributed by atoms with Gasteiger partial charge in [-0.1, -0.05) is 54.0 Å². The van der Waals surface area contributed by atoms with Crippen LogP contribution in [0.15, 0.2) is 53.1 Å². The Labute approximate surface area is 199 Å². The number of carbonyl (C=O) groups is 2. The first-order valence-electron chi connectivity index (χ1n) is 11.8. The zero-order valence-corrected chi connectivity index (χ0v) is 19.7. The van der Waals surface area contributed by atoms with Gasteiger partial charge in [-0.2, -0.15) is 4.98 Å². The van der Waals surface area contributed by atoms with Crippen LogP contribution in [0.25, 0.3) is 11.4 Å². The maximum atomic E-state index is 12.9. The summed E-state index contributed by atoms with van der Waals surface area (Å²) >= 11 is 0. The molecule has 34 heavy (non-hydrogen) atoms. The van der Waals surface area contributed by atoms with E-state index in [0.29, 0.717) is 36.1 Å². The number of rotatable bonds is 8. The molecule has 178 valence electrons. The molecule has 0 bridgehead atoms.